The number of aromatic nitrogens is 3. The van der Waals surface area contributed by atoms with Crippen LogP contribution in [0.5, 0.6) is 0 Å². The van der Waals surface area contributed by atoms with E-state index >= 15 is 0 Å². The second-order valence-corrected chi connectivity index (χ2v) is 5.31. The van der Waals surface area contributed by atoms with Crippen molar-refractivity contribution in [1.29, 1.82) is 0 Å². The van der Waals surface area contributed by atoms with Gasteiger partial charge in [0.25, 0.3) is 0 Å². The average Bonchev–Trinajstić information content (AvgIpc) is 2.61. The molecule has 1 aromatic rings. The minimum atomic E-state index is -4.77. The van der Waals surface area contributed by atoms with Crippen LogP contribution < -0.4 is 10.6 Å². The lowest BCUT2D eigenvalue weighted by Gasteiger charge is -2.21. The van der Waals surface area contributed by atoms with E-state index in [1.54, 1.807) is 5.32 Å². The van der Waals surface area contributed by atoms with Crippen molar-refractivity contribution in [3.8, 4) is 0 Å². The van der Waals surface area contributed by atoms with Crippen LogP contribution in [0.15, 0.2) is 5.83 Å². The van der Waals surface area contributed by atoms with Gasteiger partial charge in [-0.25, -0.2) is 4.39 Å². The van der Waals surface area contributed by atoms with E-state index in [0.29, 0.717) is 6.92 Å². The van der Waals surface area contributed by atoms with Crippen molar-refractivity contribution in [1.82, 2.24) is 15.0 Å². The standard InChI is InChI=1S/C15H21F4N5O/c1-7(2)20-13-22-12(9-5-4-6-10(25)11(9)16)23-14(24-13)21-8(3)15(17,18)19/h7-8,10,25H,4-6H2,1-3H3,(H2,20,21,22,23,24)/t8-,10?/m0/s1/i1D3,2D3,7D,10D. The number of nitrogens with zero attached hydrogens (tertiary/aromatic N) is 3. The van der Waals surface area contributed by atoms with E-state index in [-0.39, 0.29) is 19.3 Å². The third-order valence-corrected chi connectivity index (χ3v) is 3.34. The summed E-state index contributed by atoms with van der Waals surface area (Å²) in [5.41, 5.74) is -0.453. The maximum atomic E-state index is 14.6. The third kappa shape index (κ3) is 5.00. The van der Waals surface area contributed by atoms with E-state index in [4.69, 9.17) is 11.0 Å². The SMILES string of the molecule is [2H]C1(O)CCCC(c2nc(N[C@@H](C)C(F)(F)F)nc(NC([2H])(C([2H])([2H])[2H])C([2H])([2H])[2H])n2)=C1F. The van der Waals surface area contributed by atoms with Crippen LogP contribution in [0.2, 0.25) is 0 Å². The quantitative estimate of drug-likeness (QED) is 0.689. The van der Waals surface area contributed by atoms with Crippen LogP contribution in [0.4, 0.5) is 29.5 Å². The van der Waals surface area contributed by atoms with Gasteiger partial charge in [0.1, 0.15) is 17.9 Å². The fourth-order valence-electron chi connectivity index (χ4n) is 2.05. The first-order chi connectivity index (χ1) is 14.7. The Morgan fingerprint density at radius 1 is 1.28 bits per heavy atom. The molecule has 0 aromatic carbocycles. The highest BCUT2D eigenvalue weighted by molar-refractivity contribution is 5.65. The van der Waals surface area contributed by atoms with Crippen molar-refractivity contribution in [2.24, 2.45) is 0 Å². The number of aliphatic hydroxyl groups is 1. The molecule has 0 amide bonds. The van der Waals surface area contributed by atoms with E-state index in [9.17, 15) is 22.7 Å². The van der Waals surface area contributed by atoms with Gasteiger partial charge in [-0.15, -0.1) is 0 Å². The van der Waals surface area contributed by atoms with Gasteiger partial charge in [-0.1, -0.05) is 0 Å². The van der Waals surface area contributed by atoms with E-state index in [1.165, 1.54) is 0 Å². The van der Waals surface area contributed by atoms with Gasteiger partial charge in [0.05, 0.1) is 2.74 Å². The molecule has 140 valence electrons. The molecular formula is C15H21F4N5O. The molecule has 10 heteroatoms. The molecule has 1 aliphatic rings. The van der Waals surface area contributed by atoms with Crippen LogP contribution in [-0.2, 0) is 0 Å². The van der Waals surface area contributed by atoms with E-state index in [0.717, 1.165) is 0 Å². The van der Waals surface area contributed by atoms with Crippen LogP contribution in [0, 0.1) is 0 Å². The molecule has 6 nitrogen and oxygen atoms in total. The van der Waals surface area contributed by atoms with Gasteiger partial charge in [-0.2, -0.15) is 28.1 Å². The number of rotatable bonds is 5. The van der Waals surface area contributed by atoms with Crippen LogP contribution in [0.25, 0.3) is 5.57 Å². The van der Waals surface area contributed by atoms with Crippen LogP contribution in [0.1, 0.15) is 56.7 Å². The van der Waals surface area contributed by atoms with Gasteiger partial charge in [-0.3, -0.25) is 0 Å². The zero-order chi connectivity index (χ0) is 25.6. The van der Waals surface area contributed by atoms with Gasteiger partial charge in [0.2, 0.25) is 11.9 Å². The average molecular weight is 371 g/mol. The Kier molecular flexibility index (Phi) is 3.27. The first-order valence-corrected chi connectivity index (χ1v) is 7.18. The maximum Gasteiger partial charge on any atom is 0.408 e. The molecule has 1 aromatic heterocycles. The Morgan fingerprint density at radius 2 is 1.92 bits per heavy atom. The molecule has 0 radical (unpaired) electrons. The molecule has 1 heterocycles. The largest absolute Gasteiger partial charge is 0.408 e. The van der Waals surface area contributed by atoms with Gasteiger partial charge in [0.15, 0.2) is 5.82 Å². The molecule has 0 fully saturated rings. The Hall–Kier alpha value is -1.97. The molecule has 3 N–H and O–H groups in total. The number of alkyl halides is 3. The highest BCUT2D eigenvalue weighted by Gasteiger charge is 2.36. The number of allylic oxidation sites excluding steroid dienone is 1. The van der Waals surface area contributed by atoms with Crippen LogP contribution in [0.3, 0.4) is 0 Å². The summed E-state index contributed by atoms with van der Waals surface area (Å²) < 4.78 is 114. The zero-order valence-corrected chi connectivity index (χ0v) is 13.0. The zero-order valence-electron chi connectivity index (χ0n) is 21.0. The van der Waals surface area contributed by atoms with Crippen molar-refractivity contribution in [3.63, 3.8) is 0 Å². The minimum Gasteiger partial charge on any atom is -0.386 e. The first kappa shape index (κ1) is 10.9. The molecular weight excluding hydrogens is 342 g/mol. The van der Waals surface area contributed by atoms with Crippen molar-refractivity contribution >= 4 is 17.5 Å². The van der Waals surface area contributed by atoms with E-state index in [1.807, 2.05) is 5.32 Å². The molecule has 0 spiro atoms. The van der Waals surface area contributed by atoms with Gasteiger partial charge in [-0.05, 0) is 39.9 Å². The third-order valence-electron chi connectivity index (χ3n) is 3.34. The number of hydrogen-bond acceptors (Lipinski definition) is 6. The summed E-state index contributed by atoms with van der Waals surface area (Å²) in [7, 11) is 0. The predicted molar refractivity (Wildman–Crippen MR) is 85.6 cm³/mol. The molecule has 0 saturated heterocycles. The normalized spacial score (nSPS) is 29.0. The maximum absolute atomic E-state index is 14.6. The summed E-state index contributed by atoms with van der Waals surface area (Å²) in [5.74, 6) is -3.79. The fourth-order valence-corrected chi connectivity index (χ4v) is 2.05. The minimum absolute atomic E-state index is 0.0891. The highest BCUT2D eigenvalue weighted by Crippen LogP contribution is 2.32. The smallest absolute Gasteiger partial charge is 0.386 e. The van der Waals surface area contributed by atoms with Gasteiger partial charge >= 0.3 is 6.18 Å². The van der Waals surface area contributed by atoms with Crippen LogP contribution in [-0.4, -0.2) is 44.4 Å². The molecule has 2 rings (SSSR count). The summed E-state index contributed by atoms with van der Waals surface area (Å²) in [6.07, 6.45) is -7.73. The molecule has 0 aliphatic heterocycles. The van der Waals surface area contributed by atoms with Crippen molar-refractivity contribution in [2.75, 3.05) is 10.6 Å². The summed E-state index contributed by atoms with van der Waals surface area (Å²) >= 11 is 0. The summed E-state index contributed by atoms with van der Waals surface area (Å²) in [6, 6.07) is -5.62. The predicted octanol–water partition coefficient (Wildman–Crippen LogP) is 3.28. The topological polar surface area (TPSA) is 83.0 Å². The number of nitrogens with one attached hydrogen (secondary N) is 2. The summed E-state index contributed by atoms with van der Waals surface area (Å²) in [6.45, 7) is -6.25. The van der Waals surface area contributed by atoms with E-state index in [2.05, 4.69) is 15.0 Å². The Balaban J connectivity index is 2.66. The highest BCUT2D eigenvalue weighted by atomic mass is 19.4. The van der Waals surface area contributed by atoms with E-state index < -0.39 is 67.1 Å². The number of halogens is 4. The van der Waals surface area contributed by atoms with Crippen molar-refractivity contribution < 1.29 is 33.6 Å². The molecule has 1 unspecified atom stereocenters. The van der Waals surface area contributed by atoms with Gasteiger partial charge in [0, 0.05) is 19.8 Å². The molecule has 25 heavy (non-hydrogen) atoms. The second-order valence-electron chi connectivity index (χ2n) is 5.31. The van der Waals surface area contributed by atoms with Crippen molar-refractivity contribution in [3.05, 3.63) is 11.7 Å². The lowest BCUT2D eigenvalue weighted by Crippen LogP contribution is -2.34. The van der Waals surface area contributed by atoms with Crippen molar-refractivity contribution in [2.45, 2.75) is 64.2 Å². The fraction of sp³-hybridized carbons (Fsp3) is 0.667. The lowest BCUT2D eigenvalue weighted by molar-refractivity contribution is -0.138. The Labute approximate surface area is 154 Å². The molecule has 0 bridgehead atoms. The number of anilines is 2. The first-order valence-electron chi connectivity index (χ1n) is 11.2. The molecule has 2 atom stereocenters. The summed E-state index contributed by atoms with van der Waals surface area (Å²) in [5, 5.41) is 13.6. The van der Waals surface area contributed by atoms with Crippen LogP contribution >= 0.6 is 0 Å². The Morgan fingerprint density at radius 3 is 2.52 bits per heavy atom. The Bertz CT molecular complexity index is 905. The molecule has 0 saturated carbocycles. The monoisotopic (exact) mass is 371 g/mol. The number of hydrogen-bond donors (Lipinski definition) is 3. The second kappa shape index (κ2) is 7.51. The van der Waals surface area contributed by atoms with Gasteiger partial charge < -0.3 is 15.7 Å². The summed E-state index contributed by atoms with van der Waals surface area (Å²) in [4.78, 5) is 10.9. The molecule has 1 aliphatic carbocycles. The lowest BCUT2D eigenvalue weighted by atomic mass is 9.96.